The molecular weight excluding hydrogens is 327 g/mol. The van der Waals surface area contributed by atoms with E-state index >= 15 is 0 Å². The molecule has 0 aliphatic carbocycles. The number of aromatic nitrogens is 1. The molecule has 5 heteroatoms. The maximum Gasteiger partial charge on any atom is 0.124 e. The van der Waals surface area contributed by atoms with Crippen LogP contribution < -0.4 is 5.32 Å². The monoisotopic (exact) mass is 342 g/mol. The number of hydrogen-bond donors (Lipinski definition) is 1. The van der Waals surface area contributed by atoms with Gasteiger partial charge in [0, 0.05) is 21.5 Å². The Balaban J connectivity index is 2.20. The zero-order chi connectivity index (χ0) is 13.8. The van der Waals surface area contributed by atoms with Crippen LogP contribution in [-0.2, 0) is 0 Å². The molecule has 102 valence electrons. The molecule has 0 aliphatic rings. The molecule has 1 heterocycles. The summed E-state index contributed by atoms with van der Waals surface area (Å²) in [7, 11) is 0. The first kappa shape index (κ1) is 14.6. The Morgan fingerprint density at radius 1 is 1.47 bits per heavy atom. The van der Waals surface area contributed by atoms with E-state index in [1.54, 1.807) is 17.4 Å². The van der Waals surface area contributed by atoms with Crippen LogP contribution in [0.15, 0.2) is 28.1 Å². The second-order valence-electron chi connectivity index (χ2n) is 4.38. The van der Waals surface area contributed by atoms with Crippen LogP contribution in [0.1, 0.15) is 32.0 Å². The number of thiazole rings is 1. The average Bonchev–Trinajstić information content (AvgIpc) is 2.85. The van der Waals surface area contributed by atoms with Crippen LogP contribution in [0, 0.1) is 5.82 Å². The van der Waals surface area contributed by atoms with E-state index in [1.165, 1.54) is 12.1 Å². The maximum absolute atomic E-state index is 13.1. The maximum atomic E-state index is 13.1. The van der Waals surface area contributed by atoms with Crippen molar-refractivity contribution in [2.24, 2.45) is 0 Å². The van der Waals surface area contributed by atoms with E-state index in [9.17, 15) is 4.39 Å². The van der Waals surface area contributed by atoms with Crippen LogP contribution in [0.25, 0.3) is 10.6 Å². The Labute approximate surface area is 125 Å². The van der Waals surface area contributed by atoms with Crippen molar-refractivity contribution in [3.63, 3.8) is 0 Å². The number of benzene rings is 1. The molecule has 2 nitrogen and oxygen atoms in total. The van der Waals surface area contributed by atoms with Crippen molar-refractivity contribution in [2.45, 2.75) is 26.3 Å². The van der Waals surface area contributed by atoms with Crippen LogP contribution in [-0.4, -0.2) is 11.5 Å². The van der Waals surface area contributed by atoms with Gasteiger partial charge in [-0.05, 0) is 54.0 Å². The van der Waals surface area contributed by atoms with Gasteiger partial charge in [-0.1, -0.05) is 6.92 Å². The molecule has 2 aromatic rings. The fourth-order valence-corrected chi connectivity index (χ4v) is 3.36. The minimum absolute atomic E-state index is 0.240. The van der Waals surface area contributed by atoms with Gasteiger partial charge in [-0.3, -0.25) is 0 Å². The fraction of sp³-hybridized carbons (Fsp3) is 0.357. The highest BCUT2D eigenvalue weighted by atomic mass is 79.9. The summed E-state index contributed by atoms with van der Waals surface area (Å²) in [6, 6.07) is 4.92. The lowest BCUT2D eigenvalue weighted by Gasteiger charge is -2.09. The Morgan fingerprint density at radius 2 is 2.26 bits per heavy atom. The van der Waals surface area contributed by atoms with Gasteiger partial charge >= 0.3 is 0 Å². The Kier molecular flexibility index (Phi) is 5.07. The Hall–Kier alpha value is -0.780. The van der Waals surface area contributed by atoms with Crippen molar-refractivity contribution in [2.75, 3.05) is 6.54 Å². The molecule has 19 heavy (non-hydrogen) atoms. The smallest absolute Gasteiger partial charge is 0.124 e. The van der Waals surface area contributed by atoms with E-state index in [1.807, 2.05) is 0 Å². The van der Waals surface area contributed by atoms with Gasteiger partial charge in [0.05, 0.1) is 5.69 Å². The van der Waals surface area contributed by atoms with Crippen LogP contribution in [0.2, 0.25) is 0 Å². The number of hydrogen-bond acceptors (Lipinski definition) is 3. The van der Waals surface area contributed by atoms with Crippen molar-refractivity contribution in [1.29, 1.82) is 0 Å². The van der Waals surface area contributed by atoms with E-state index in [0.29, 0.717) is 0 Å². The van der Waals surface area contributed by atoms with Crippen molar-refractivity contribution in [3.8, 4) is 10.6 Å². The van der Waals surface area contributed by atoms with Gasteiger partial charge in [0.25, 0.3) is 0 Å². The Morgan fingerprint density at radius 3 is 2.95 bits per heavy atom. The Bertz CT molecular complexity index is 556. The lowest BCUT2D eigenvalue weighted by atomic mass is 10.2. The number of rotatable bonds is 5. The molecule has 0 spiro atoms. The number of halogens is 2. The summed E-state index contributed by atoms with van der Waals surface area (Å²) in [5.41, 5.74) is 1.96. The summed E-state index contributed by atoms with van der Waals surface area (Å²) in [4.78, 5) is 4.63. The predicted octanol–water partition coefficient (Wildman–Crippen LogP) is 4.77. The molecule has 0 amide bonds. The zero-order valence-corrected chi connectivity index (χ0v) is 13.3. The molecule has 1 aromatic heterocycles. The van der Waals surface area contributed by atoms with E-state index in [0.717, 1.165) is 33.7 Å². The van der Waals surface area contributed by atoms with E-state index in [4.69, 9.17) is 0 Å². The van der Waals surface area contributed by atoms with Gasteiger partial charge in [-0.15, -0.1) is 11.3 Å². The van der Waals surface area contributed by atoms with E-state index in [2.05, 4.69) is 45.5 Å². The van der Waals surface area contributed by atoms with Crippen LogP contribution in [0.4, 0.5) is 4.39 Å². The number of nitrogens with zero attached hydrogens (tertiary/aromatic N) is 1. The molecule has 2 rings (SSSR count). The highest BCUT2D eigenvalue weighted by Gasteiger charge is 2.12. The standard InChI is InChI=1S/C14H16BrFN2S/c1-3-6-17-9(2)13-8-19-14(18-13)11-5-4-10(16)7-12(11)15/h4-5,7-9,17H,3,6H2,1-2H3. The van der Waals surface area contributed by atoms with Gasteiger partial charge in [0.15, 0.2) is 0 Å². The highest BCUT2D eigenvalue weighted by Crippen LogP contribution is 2.32. The minimum atomic E-state index is -0.245. The third kappa shape index (κ3) is 3.61. The summed E-state index contributed by atoms with van der Waals surface area (Å²) < 4.78 is 13.8. The molecule has 0 fully saturated rings. The van der Waals surface area contributed by atoms with Gasteiger partial charge in [-0.2, -0.15) is 0 Å². The third-order valence-corrected chi connectivity index (χ3v) is 4.38. The summed E-state index contributed by atoms with van der Waals surface area (Å²) in [6.07, 6.45) is 1.10. The summed E-state index contributed by atoms with van der Waals surface area (Å²) >= 11 is 4.96. The lowest BCUT2D eigenvalue weighted by molar-refractivity contribution is 0.561. The average molecular weight is 343 g/mol. The number of nitrogens with one attached hydrogen (secondary N) is 1. The summed E-state index contributed by atoms with van der Waals surface area (Å²) in [6.45, 7) is 5.23. The largest absolute Gasteiger partial charge is 0.309 e. The van der Waals surface area contributed by atoms with Gasteiger partial charge in [0.1, 0.15) is 10.8 Å². The van der Waals surface area contributed by atoms with E-state index < -0.39 is 0 Å². The normalized spacial score (nSPS) is 12.6. The van der Waals surface area contributed by atoms with Gasteiger partial charge < -0.3 is 5.32 Å². The molecular formula is C14H16BrFN2S. The fourth-order valence-electron chi connectivity index (χ4n) is 1.74. The molecule has 0 radical (unpaired) electrons. The van der Waals surface area contributed by atoms with Crippen molar-refractivity contribution in [1.82, 2.24) is 10.3 Å². The van der Waals surface area contributed by atoms with Crippen molar-refractivity contribution in [3.05, 3.63) is 39.6 Å². The molecule has 1 N–H and O–H groups in total. The minimum Gasteiger partial charge on any atom is -0.309 e. The van der Waals surface area contributed by atoms with Crippen LogP contribution in [0.3, 0.4) is 0 Å². The predicted molar refractivity (Wildman–Crippen MR) is 81.9 cm³/mol. The molecule has 0 saturated heterocycles. The summed E-state index contributed by atoms with van der Waals surface area (Å²) in [5.74, 6) is -0.245. The van der Waals surface area contributed by atoms with Gasteiger partial charge in [-0.25, -0.2) is 9.37 Å². The quantitative estimate of drug-likeness (QED) is 0.846. The molecule has 1 aromatic carbocycles. The highest BCUT2D eigenvalue weighted by molar-refractivity contribution is 9.10. The van der Waals surface area contributed by atoms with Gasteiger partial charge in [0.2, 0.25) is 0 Å². The second kappa shape index (κ2) is 6.59. The van der Waals surface area contributed by atoms with Crippen molar-refractivity contribution < 1.29 is 4.39 Å². The van der Waals surface area contributed by atoms with Crippen LogP contribution in [0.5, 0.6) is 0 Å². The van der Waals surface area contributed by atoms with E-state index in [-0.39, 0.29) is 11.9 Å². The van der Waals surface area contributed by atoms with Crippen molar-refractivity contribution >= 4 is 27.3 Å². The van der Waals surface area contributed by atoms with Crippen LogP contribution >= 0.6 is 27.3 Å². The third-order valence-electron chi connectivity index (χ3n) is 2.83. The topological polar surface area (TPSA) is 24.9 Å². The first-order chi connectivity index (χ1) is 9.11. The lowest BCUT2D eigenvalue weighted by Crippen LogP contribution is -2.19. The first-order valence-electron chi connectivity index (χ1n) is 6.26. The molecule has 0 aliphatic heterocycles. The summed E-state index contributed by atoms with van der Waals surface area (Å²) in [5, 5.41) is 6.37. The molecule has 0 bridgehead atoms. The molecule has 1 atom stereocenters. The molecule has 1 unspecified atom stereocenters. The first-order valence-corrected chi connectivity index (χ1v) is 7.93. The molecule has 0 saturated carbocycles. The second-order valence-corrected chi connectivity index (χ2v) is 6.09. The zero-order valence-electron chi connectivity index (χ0n) is 10.9. The SMILES string of the molecule is CCCNC(C)c1csc(-c2ccc(F)cc2Br)n1.